The summed E-state index contributed by atoms with van der Waals surface area (Å²) in [5.74, 6) is 1.01. The molecule has 138 valence electrons. The fraction of sp³-hybridized carbons (Fsp3) is 0.524. The maximum absolute atomic E-state index is 4.64. The Morgan fingerprint density at radius 1 is 0.962 bits per heavy atom. The van der Waals surface area contributed by atoms with E-state index in [2.05, 4.69) is 50.3 Å². The van der Waals surface area contributed by atoms with Crippen LogP contribution in [0.4, 0.5) is 5.82 Å². The number of rotatable bonds is 5. The lowest BCUT2D eigenvalue weighted by Gasteiger charge is -2.31. The average Bonchev–Trinajstić information content (AvgIpc) is 3.24. The van der Waals surface area contributed by atoms with E-state index in [-0.39, 0.29) is 0 Å². The number of nitrogens with zero attached hydrogens (tertiary/aromatic N) is 4. The van der Waals surface area contributed by atoms with Crippen molar-refractivity contribution in [2.45, 2.75) is 37.5 Å². The summed E-state index contributed by atoms with van der Waals surface area (Å²) in [6.07, 6.45) is 11.2. The Morgan fingerprint density at radius 2 is 1.69 bits per heavy atom. The van der Waals surface area contributed by atoms with Gasteiger partial charge < -0.3 is 4.90 Å². The molecule has 0 spiro atoms. The number of benzene rings is 1. The third-order valence-corrected chi connectivity index (χ3v) is 6.73. The van der Waals surface area contributed by atoms with Crippen molar-refractivity contribution >= 4 is 17.6 Å². The highest BCUT2D eigenvalue weighted by Gasteiger charge is 2.18. The highest BCUT2D eigenvalue weighted by atomic mass is 32.2. The smallest absolute Gasteiger partial charge is 0.147 e. The summed E-state index contributed by atoms with van der Waals surface area (Å²) in [5, 5.41) is 0.857. The lowest BCUT2D eigenvalue weighted by Crippen LogP contribution is -2.34. The number of piperidine rings is 1. The number of likely N-dealkylation sites (tertiary alicyclic amines) is 1. The summed E-state index contributed by atoms with van der Waals surface area (Å²) in [4.78, 5) is 14.2. The van der Waals surface area contributed by atoms with Gasteiger partial charge in [-0.15, -0.1) is 0 Å². The van der Waals surface area contributed by atoms with Crippen molar-refractivity contribution in [2.24, 2.45) is 0 Å². The summed E-state index contributed by atoms with van der Waals surface area (Å²) in [6.45, 7) is 5.71. The predicted octanol–water partition coefficient (Wildman–Crippen LogP) is 4.07. The first-order valence-corrected chi connectivity index (χ1v) is 11.0. The van der Waals surface area contributed by atoms with E-state index < -0.39 is 0 Å². The Balaban J connectivity index is 1.36. The molecule has 3 heterocycles. The van der Waals surface area contributed by atoms with Crippen LogP contribution in [0.25, 0.3) is 11.3 Å². The van der Waals surface area contributed by atoms with E-state index in [0.29, 0.717) is 0 Å². The second kappa shape index (κ2) is 8.40. The van der Waals surface area contributed by atoms with Crippen LogP contribution in [0.3, 0.4) is 0 Å². The van der Waals surface area contributed by atoms with Crippen LogP contribution >= 0.6 is 11.8 Å². The summed E-state index contributed by atoms with van der Waals surface area (Å²) >= 11 is 2.02. The minimum Gasteiger partial charge on any atom is -0.355 e. The van der Waals surface area contributed by atoms with Gasteiger partial charge in [0, 0.05) is 30.4 Å². The zero-order valence-corrected chi connectivity index (χ0v) is 16.4. The molecule has 0 N–H and O–H groups in total. The van der Waals surface area contributed by atoms with Gasteiger partial charge in [-0.05, 0) is 50.6 Å². The lowest BCUT2D eigenvalue weighted by molar-refractivity contribution is 0.225. The normalized spacial score (nSPS) is 19.2. The molecule has 0 atom stereocenters. The SMILES string of the molecule is CSC1CCN(Cc2ccc(-c3cnc(N4CCCC4)cn3)cc2)CC1. The average molecular weight is 369 g/mol. The quantitative estimate of drug-likeness (QED) is 0.794. The fourth-order valence-electron chi connectivity index (χ4n) is 3.92. The molecule has 0 bridgehead atoms. The molecule has 26 heavy (non-hydrogen) atoms. The molecule has 0 saturated carbocycles. The highest BCUT2D eigenvalue weighted by molar-refractivity contribution is 7.99. The van der Waals surface area contributed by atoms with E-state index in [0.717, 1.165) is 42.0 Å². The van der Waals surface area contributed by atoms with Crippen LogP contribution in [0.15, 0.2) is 36.7 Å². The Hall–Kier alpha value is -1.59. The van der Waals surface area contributed by atoms with E-state index in [9.17, 15) is 0 Å². The van der Waals surface area contributed by atoms with Crippen LogP contribution in [0.5, 0.6) is 0 Å². The molecule has 0 unspecified atom stereocenters. The molecule has 4 rings (SSSR count). The van der Waals surface area contributed by atoms with Crippen molar-refractivity contribution in [2.75, 3.05) is 37.3 Å². The van der Waals surface area contributed by atoms with Gasteiger partial charge in [0.1, 0.15) is 5.82 Å². The second-order valence-corrected chi connectivity index (χ2v) is 8.50. The molecule has 5 heteroatoms. The molecule has 2 aliphatic rings. The standard InChI is InChI=1S/C21H28N4S/c1-26-19-8-12-24(13-9-19)16-17-4-6-18(7-5-17)20-14-23-21(15-22-20)25-10-2-3-11-25/h4-7,14-15,19H,2-3,8-13,16H2,1H3. The van der Waals surface area contributed by atoms with Gasteiger partial charge in [0.25, 0.3) is 0 Å². The highest BCUT2D eigenvalue weighted by Crippen LogP contribution is 2.24. The molecule has 0 radical (unpaired) electrons. The van der Waals surface area contributed by atoms with Gasteiger partial charge in [0.05, 0.1) is 18.1 Å². The van der Waals surface area contributed by atoms with Gasteiger partial charge in [-0.25, -0.2) is 4.98 Å². The number of hydrogen-bond acceptors (Lipinski definition) is 5. The van der Waals surface area contributed by atoms with E-state index in [1.54, 1.807) is 0 Å². The zero-order chi connectivity index (χ0) is 17.8. The van der Waals surface area contributed by atoms with E-state index >= 15 is 0 Å². The molecule has 4 nitrogen and oxygen atoms in total. The molecule has 0 amide bonds. The maximum Gasteiger partial charge on any atom is 0.147 e. The fourth-order valence-corrected chi connectivity index (χ4v) is 4.60. The molecular formula is C21H28N4S. The molecule has 2 aliphatic heterocycles. The van der Waals surface area contributed by atoms with Crippen LogP contribution in [0.2, 0.25) is 0 Å². The van der Waals surface area contributed by atoms with E-state index in [1.165, 1.54) is 44.3 Å². The van der Waals surface area contributed by atoms with Crippen LogP contribution in [-0.2, 0) is 6.54 Å². The van der Waals surface area contributed by atoms with Crippen LogP contribution in [-0.4, -0.2) is 52.6 Å². The second-order valence-electron chi connectivity index (χ2n) is 7.36. The molecule has 2 saturated heterocycles. The lowest BCUT2D eigenvalue weighted by atomic mass is 10.1. The molecule has 2 fully saturated rings. The van der Waals surface area contributed by atoms with Crippen molar-refractivity contribution in [1.29, 1.82) is 0 Å². The third kappa shape index (κ3) is 4.21. The topological polar surface area (TPSA) is 32.3 Å². The Labute approximate surface area is 161 Å². The van der Waals surface area contributed by atoms with Crippen LogP contribution in [0.1, 0.15) is 31.2 Å². The molecule has 0 aliphatic carbocycles. The Morgan fingerprint density at radius 3 is 2.31 bits per heavy atom. The summed E-state index contributed by atoms with van der Waals surface area (Å²) in [7, 11) is 0. The predicted molar refractivity (Wildman–Crippen MR) is 111 cm³/mol. The van der Waals surface area contributed by atoms with Crippen molar-refractivity contribution in [3.8, 4) is 11.3 Å². The van der Waals surface area contributed by atoms with Crippen molar-refractivity contribution in [3.05, 3.63) is 42.2 Å². The first-order valence-electron chi connectivity index (χ1n) is 9.73. The third-order valence-electron chi connectivity index (χ3n) is 5.59. The van der Waals surface area contributed by atoms with E-state index in [4.69, 9.17) is 0 Å². The number of hydrogen-bond donors (Lipinski definition) is 0. The molecule has 1 aromatic heterocycles. The molecular weight excluding hydrogens is 340 g/mol. The number of aromatic nitrogens is 2. The minimum atomic E-state index is 0.857. The zero-order valence-electron chi connectivity index (χ0n) is 15.6. The van der Waals surface area contributed by atoms with Gasteiger partial charge in [0.15, 0.2) is 0 Å². The first-order chi connectivity index (χ1) is 12.8. The van der Waals surface area contributed by atoms with Gasteiger partial charge in [-0.2, -0.15) is 11.8 Å². The van der Waals surface area contributed by atoms with Crippen molar-refractivity contribution in [1.82, 2.24) is 14.9 Å². The first kappa shape index (κ1) is 17.8. The largest absolute Gasteiger partial charge is 0.355 e. The summed E-state index contributed by atoms with van der Waals surface area (Å²) in [5.41, 5.74) is 3.49. The van der Waals surface area contributed by atoms with E-state index in [1.807, 2.05) is 24.2 Å². The van der Waals surface area contributed by atoms with Gasteiger partial charge in [0.2, 0.25) is 0 Å². The Bertz CT molecular complexity index is 687. The van der Waals surface area contributed by atoms with Crippen molar-refractivity contribution in [3.63, 3.8) is 0 Å². The monoisotopic (exact) mass is 368 g/mol. The number of anilines is 1. The number of thioether (sulfide) groups is 1. The maximum atomic E-state index is 4.64. The van der Waals surface area contributed by atoms with Crippen LogP contribution in [0, 0.1) is 0 Å². The molecule has 1 aromatic carbocycles. The van der Waals surface area contributed by atoms with Gasteiger partial charge in [-0.3, -0.25) is 9.88 Å². The Kier molecular flexibility index (Phi) is 5.75. The summed E-state index contributed by atoms with van der Waals surface area (Å²) < 4.78 is 0. The van der Waals surface area contributed by atoms with Crippen LogP contribution < -0.4 is 4.90 Å². The van der Waals surface area contributed by atoms with Gasteiger partial charge >= 0.3 is 0 Å². The molecule has 2 aromatic rings. The minimum absolute atomic E-state index is 0.857. The van der Waals surface area contributed by atoms with Gasteiger partial charge in [-0.1, -0.05) is 24.3 Å². The van der Waals surface area contributed by atoms with Crippen molar-refractivity contribution < 1.29 is 0 Å². The summed E-state index contributed by atoms with van der Waals surface area (Å²) in [6, 6.07) is 8.85.